The molecule has 1 rings (SSSR count). The average Bonchev–Trinajstić information content (AvgIpc) is 2.27. The van der Waals surface area contributed by atoms with Crippen LogP contribution in [0, 0.1) is 6.92 Å². The van der Waals surface area contributed by atoms with Gasteiger partial charge in [0.15, 0.2) is 0 Å². The van der Waals surface area contributed by atoms with Crippen LogP contribution in [0.2, 0.25) is 0 Å². The third kappa shape index (κ3) is 4.99. The molecular weight excluding hydrogens is 244 g/mol. The van der Waals surface area contributed by atoms with Crippen LogP contribution < -0.4 is 10.6 Å². The Morgan fingerprint density at radius 3 is 2.42 bits per heavy atom. The topological polar surface area (TPSA) is 78.4 Å². The lowest BCUT2D eigenvalue weighted by Gasteiger charge is -2.20. The Labute approximate surface area is 113 Å². The smallest absolute Gasteiger partial charge is 0.251 e. The van der Waals surface area contributed by atoms with Crippen LogP contribution in [0.3, 0.4) is 0 Å². The summed E-state index contributed by atoms with van der Waals surface area (Å²) in [5.74, 6) is -0.439. The van der Waals surface area contributed by atoms with Gasteiger partial charge in [0.1, 0.15) is 5.75 Å². The van der Waals surface area contributed by atoms with Gasteiger partial charge in [-0.2, -0.15) is 0 Å². The van der Waals surface area contributed by atoms with Crippen LogP contribution >= 0.6 is 0 Å². The van der Waals surface area contributed by atoms with E-state index in [0.29, 0.717) is 11.1 Å². The van der Waals surface area contributed by atoms with Crippen LogP contribution in [-0.4, -0.2) is 29.0 Å². The zero-order valence-electron chi connectivity index (χ0n) is 11.7. The van der Waals surface area contributed by atoms with Gasteiger partial charge in [0.2, 0.25) is 5.91 Å². The molecule has 0 atom stereocenters. The first-order chi connectivity index (χ1) is 8.69. The molecule has 2 amide bonds. The number of carbonyl (C=O) groups excluding carboxylic acids is 2. The molecule has 0 aromatic heterocycles. The number of phenols is 1. The van der Waals surface area contributed by atoms with Gasteiger partial charge >= 0.3 is 0 Å². The van der Waals surface area contributed by atoms with Crippen LogP contribution in [0.25, 0.3) is 0 Å². The zero-order valence-corrected chi connectivity index (χ0v) is 11.7. The van der Waals surface area contributed by atoms with Gasteiger partial charge in [0.25, 0.3) is 5.91 Å². The van der Waals surface area contributed by atoms with Crippen molar-refractivity contribution in [1.82, 2.24) is 10.6 Å². The number of aryl methyl sites for hydroxylation is 1. The molecule has 1 aromatic carbocycles. The van der Waals surface area contributed by atoms with Crippen LogP contribution in [0.4, 0.5) is 0 Å². The SMILES string of the molecule is Cc1cc(C(=O)NCC(=O)NC(C)(C)C)ccc1O. The summed E-state index contributed by atoms with van der Waals surface area (Å²) >= 11 is 0. The second-order valence-corrected chi connectivity index (χ2v) is 5.48. The average molecular weight is 264 g/mol. The van der Waals surface area contributed by atoms with Crippen molar-refractivity contribution in [3.05, 3.63) is 29.3 Å². The maximum atomic E-state index is 11.8. The third-order valence-electron chi connectivity index (χ3n) is 2.38. The highest BCUT2D eigenvalue weighted by Gasteiger charge is 2.14. The van der Waals surface area contributed by atoms with Crippen molar-refractivity contribution in [2.75, 3.05) is 6.54 Å². The Morgan fingerprint density at radius 1 is 1.26 bits per heavy atom. The molecule has 0 aliphatic carbocycles. The number of aromatic hydroxyl groups is 1. The normalized spacial score (nSPS) is 10.9. The second-order valence-electron chi connectivity index (χ2n) is 5.48. The summed E-state index contributed by atoms with van der Waals surface area (Å²) in [4.78, 5) is 23.4. The molecule has 19 heavy (non-hydrogen) atoms. The van der Waals surface area contributed by atoms with Crippen molar-refractivity contribution in [2.45, 2.75) is 33.2 Å². The Balaban J connectivity index is 2.56. The predicted octanol–water partition coefficient (Wildman–Crippen LogP) is 1.35. The van der Waals surface area contributed by atoms with Crippen molar-refractivity contribution in [3.63, 3.8) is 0 Å². The lowest BCUT2D eigenvalue weighted by Crippen LogP contribution is -2.45. The van der Waals surface area contributed by atoms with E-state index < -0.39 is 0 Å². The maximum absolute atomic E-state index is 11.8. The Bertz CT molecular complexity index is 490. The molecule has 0 heterocycles. The van der Waals surface area contributed by atoms with E-state index in [2.05, 4.69) is 10.6 Å². The standard InChI is InChI=1S/C14H20N2O3/c1-9-7-10(5-6-11(9)17)13(19)15-8-12(18)16-14(2,3)4/h5-7,17H,8H2,1-4H3,(H,15,19)(H,16,18). The Kier molecular flexibility index (Phi) is 4.53. The Hall–Kier alpha value is -2.04. The number of amides is 2. The highest BCUT2D eigenvalue weighted by molar-refractivity contribution is 5.96. The van der Waals surface area contributed by atoms with Gasteiger partial charge in [0, 0.05) is 11.1 Å². The summed E-state index contributed by atoms with van der Waals surface area (Å²) in [5, 5.41) is 14.7. The van der Waals surface area contributed by atoms with Gasteiger partial charge in [-0.1, -0.05) is 0 Å². The number of phenolic OH excluding ortho intramolecular Hbond substituents is 1. The molecule has 0 unspecified atom stereocenters. The van der Waals surface area contributed by atoms with E-state index >= 15 is 0 Å². The molecule has 0 bridgehead atoms. The van der Waals surface area contributed by atoms with Crippen molar-refractivity contribution in [3.8, 4) is 5.75 Å². The summed E-state index contributed by atoms with van der Waals surface area (Å²) < 4.78 is 0. The van der Waals surface area contributed by atoms with Gasteiger partial charge < -0.3 is 15.7 Å². The molecule has 5 heteroatoms. The van der Waals surface area contributed by atoms with E-state index in [1.54, 1.807) is 13.0 Å². The van der Waals surface area contributed by atoms with E-state index in [1.165, 1.54) is 12.1 Å². The fourth-order valence-electron chi connectivity index (χ4n) is 1.52. The van der Waals surface area contributed by atoms with Crippen molar-refractivity contribution in [1.29, 1.82) is 0 Å². The quantitative estimate of drug-likeness (QED) is 0.771. The highest BCUT2D eigenvalue weighted by Crippen LogP contribution is 2.16. The molecule has 0 aliphatic heterocycles. The minimum Gasteiger partial charge on any atom is -0.508 e. The Morgan fingerprint density at radius 2 is 1.89 bits per heavy atom. The third-order valence-corrected chi connectivity index (χ3v) is 2.38. The molecule has 5 nitrogen and oxygen atoms in total. The van der Waals surface area contributed by atoms with E-state index in [9.17, 15) is 14.7 Å². The number of hydrogen-bond acceptors (Lipinski definition) is 3. The molecule has 0 fully saturated rings. The lowest BCUT2D eigenvalue weighted by atomic mass is 10.1. The van der Waals surface area contributed by atoms with Gasteiger partial charge in [-0.05, 0) is 51.5 Å². The first-order valence-electron chi connectivity index (χ1n) is 6.08. The van der Waals surface area contributed by atoms with Crippen LogP contribution in [0.5, 0.6) is 5.75 Å². The summed E-state index contributed by atoms with van der Waals surface area (Å²) in [5.41, 5.74) is 0.711. The van der Waals surface area contributed by atoms with E-state index in [4.69, 9.17) is 0 Å². The lowest BCUT2D eigenvalue weighted by molar-refractivity contribution is -0.121. The van der Waals surface area contributed by atoms with Gasteiger partial charge in [-0.25, -0.2) is 0 Å². The largest absolute Gasteiger partial charge is 0.508 e. The summed E-state index contributed by atoms with van der Waals surface area (Å²) in [6.45, 7) is 7.25. The van der Waals surface area contributed by atoms with Crippen LogP contribution in [0.15, 0.2) is 18.2 Å². The molecule has 3 N–H and O–H groups in total. The molecule has 0 aliphatic rings. The van der Waals surface area contributed by atoms with Crippen molar-refractivity contribution < 1.29 is 14.7 Å². The fraction of sp³-hybridized carbons (Fsp3) is 0.429. The van der Waals surface area contributed by atoms with Crippen molar-refractivity contribution >= 4 is 11.8 Å². The first kappa shape index (κ1) is 15.0. The molecule has 0 spiro atoms. The summed E-state index contributed by atoms with van der Waals surface area (Å²) in [7, 11) is 0. The number of carbonyl (C=O) groups is 2. The molecule has 104 valence electrons. The predicted molar refractivity (Wildman–Crippen MR) is 73.1 cm³/mol. The van der Waals surface area contributed by atoms with Crippen LogP contribution in [0.1, 0.15) is 36.7 Å². The maximum Gasteiger partial charge on any atom is 0.251 e. The molecule has 0 radical (unpaired) electrons. The minimum atomic E-state index is -0.341. The second kappa shape index (κ2) is 5.73. The van der Waals surface area contributed by atoms with E-state index in [-0.39, 0.29) is 29.6 Å². The summed E-state index contributed by atoms with van der Waals surface area (Å²) in [6, 6.07) is 4.55. The zero-order chi connectivity index (χ0) is 14.6. The molecule has 1 aromatic rings. The van der Waals surface area contributed by atoms with Gasteiger partial charge in [0.05, 0.1) is 6.54 Å². The van der Waals surface area contributed by atoms with E-state index in [1.807, 2.05) is 20.8 Å². The number of hydrogen-bond donors (Lipinski definition) is 3. The monoisotopic (exact) mass is 264 g/mol. The number of nitrogens with one attached hydrogen (secondary N) is 2. The number of rotatable bonds is 3. The molecular formula is C14H20N2O3. The van der Waals surface area contributed by atoms with Gasteiger partial charge in [-0.15, -0.1) is 0 Å². The van der Waals surface area contributed by atoms with E-state index in [0.717, 1.165) is 0 Å². The van der Waals surface area contributed by atoms with Crippen molar-refractivity contribution in [2.24, 2.45) is 0 Å². The number of benzene rings is 1. The van der Waals surface area contributed by atoms with Crippen LogP contribution in [-0.2, 0) is 4.79 Å². The molecule has 0 saturated carbocycles. The summed E-state index contributed by atoms with van der Waals surface area (Å²) in [6.07, 6.45) is 0. The van der Waals surface area contributed by atoms with Gasteiger partial charge in [-0.3, -0.25) is 9.59 Å². The highest BCUT2D eigenvalue weighted by atomic mass is 16.3. The first-order valence-corrected chi connectivity index (χ1v) is 6.08. The minimum absolute atomic E-state index is 0.0734. The molecule has 0 saturated heterocycles. The fourth-order valence-corrected chi connectivity index (χ4v) is 1.52.